The zero-order valence-electron chi connectivity index (χ0n) is 18.4. The maximum Gasteiger partial charge on any atom is 0.437 e. The summed E-state index contributed by atoms with van der Waals surface area (Å²) in [4.78, 5) is 4.25. The third-order valence-electron chi connectivity index (χ3n) is 5.14. The van der Waals surface area contributed by atoms with Crippen LogP contribution in [0.2, 0.25) is 0 Å². The maximum absolute atomic E-state index is 13.6. The first kappa shape index (κ1) is 25.8. The van der Waals surface area contributed by atoms with Gasteiger partial charge in [-0.15, -0.1) is 0 Å². The number of rotatable bonds is 8. The second kappa shape index (κ2) is 10.0. The first-order chi connectivity index (χ1) is 14.8. The van der Waals surface area contributed by atoms with E-state index < -0.39 is 33.7 Å². The highest BCUT2D eigenvalue weighted by molar-refractivity contribution is 7.86. The van der Waals surface area contributed by atoms with Crippen molar-refractivity contribution in [2.45, 2.75) is 58.2 Å². The normalized spacial score (nSPS) is 14.8. The summed E-state index contributed by atoms with van der Waals surface area (Å²) in [5.41, 5.74) is 0.0636. The number of alkyl halides is 3. The summed E-state index contributed by atoms with van der Waals surface area (Å²) in [6, 6.07) is 8.13. The summed E-state index contributed by atoms with van der Waals surface area (Å²) in [5.74, 6) is -0.0870. The fraction of sp³-hybridized carbons (Fsp3) is 0.409. The molecule has 0 aliphatic rings. The Hall–Kier alpha value is -2.43. The average molecular weight is 474 g/mol. The summed E-state index contributed by atoms with van der Waals surface area (Å²) < 4.78 is 70.6. The van der Waals surface area contributed by atoms with Crippen LogP contribution in [0.1, 0.15) is 54.2 Å². The molecule has 0 bridgehead atoms. The van der Waals surface area contributed by atoms with E-state index in [4.69, 9.17) is 5.26 Å². The summed E-state index contributed by atoms with van der Waals surface area (Å²) in [7, 11) is -4.58. The largest absolute Gasteiger partial charge is 0.437 e. The van der Waals surface area contributed by atoms with Crippen LogP contribution in [0.5, 0.6) is 0 Å². The van der Waals surface area contributed by atoms with Crippen molar-refractivity contribution in [1.82, 2.24) is 0 Å². The molecular weight excluding hydrogens is 447 g/mol. The monoisotopic (exact) mass is 473 g/mol. The first-order valence-corrected chi connectivity index (χ1v) is 11.3. The fourth-order valence-electron chi connectivity index (χ4n) is 3.49. The molecule has 2 rings (SSSR count). The molecule has 0 heterocycles. The molecule has 2 aromatic carbocycles. The third-order valence-corrected chi connectivity index (χ3v) is 6.55. The van der Waals surface area contributed by atoms with Gasteiger partial charge in [0.2, 0.25) is 0 Å². The summed E-state index contributed by atoms with van der Waals surface area (Å²) >= 11 is 0. The van der Waals surface area contributed by atoms with Gasteiger partial charge in [0.1, 0.15) is 11.0 Å². The summed E-state index contributed by atoms with van der Waals surface area (Å²) in [6.07, 6.45) is -5.02. The molecule has 6 nitrogen and oxygen atoms in total. The Morgan fingerprint density at radius 2 is 1.62 bits per heavy atom. The zero-order valence-corrected chi connectivity index (χ0v) is 19.2. The lowest BCUT2D eigenvalue weighted by atomic mass is 9.94. The second-order valence-corrected chi connectivity index (χ2v) is 9.19. The highest BCUT2D eigenvalue weighted by atomic mass is 32.2. The van der Waals surface area contributed by atoms with Crippen molar-refractivity contribution in [1.29, 1.82) is 0 Å². The van der Waals surface area contributed by atoms with Gasteiger partial charge in [-0.2, -0.15) is 21.6 Å². The van der Waals surface area contributed by atoms with Crippen LogP contribution in [0.3, 0.4) is 0 Å². The average Bonchev–Trinajstić information content (AvgIpc) is 2.67. The standard InChI is InChI=1S/C22H26F3NO5S/c1-6-14(3)19(30-27)17-7-9-18(10-8-17)21(22(23,24)25)26-31-32(28,29)20-15(4)11-13(2)12-16(20)5/h7-12,14,19,27H,6H2,1-5H3. The van der Waals surface area contributed by atoms with Crippen LogP contribution in [0.4, 0.5) is 13.2 Å². The Morgan fingerprint density at radius 3 is 2.06 bits per heavy atom. The van der Waals surface area contributed by atoms with Crippen LogP contribution in [-0.2, 0) is 19.3 Å². The number of nitrogens with zero attached hydrogens (tertiary/aromatic N) is 1. The second-order valence-electron chi connectivity index (χ2n) is 7.73. The van der Waals surface area contributed by atoms with Gasteiger partial charge in [-0.05, 0) is 43.4 Å². The summed E-state index contributed by atoms with van der Waals surface area (Å²) in [6.45, 7) is 8.54. The van der Waals surface area contributed by atoms with E-state index in [0.29, 0.717) is 23.1 Å². The molecule has 0 fully saturated rings. The van der Waals surface area contributed by atoms with E-state index in [1.807, 2.05) is 13.8 Å². The lowest BCUT2D eigenvalue weighted by molar-refractivity contribution is -0.293. The molecule has 2 aromatic rings. The van der Waals surface area contributed by atoms with Gasteiger partial charge in [-0.1, -0.05) is 67.4 Å². The number of benzene rings is 2. The van der Waals surface area contributed by atoms with Crippen LogP contribution in [-0.4, -0.2) is 25.6 Å². The maximum atomic E-state index is 13.6. The van der Waals surface area contributed by atoms with Crippen molar-refractivity contribution >= 4 is 15.8 Å². The van der Waals surface area contributed by atoms with E-state index in [9.17, 15) is 21.6 Å². The van der Waals surface area contributed by atoms with Gasteiger partial charge >= 0.3 is 16.3 Å². The molecule has 32 heavy (non-hydrogen) atoms. The SMILES string of the molecule is CCC(C)C(OO)c1ccc(C(=NOS(=O)(=O)c2c(C)cc(C)cc2C)C(F)(F)F)cc1. The van der Waals surface area contributed by atoms with Crippen LogP contribution in [0, 0.1) is 26.7 Å². The molecule has 0 aliphatic carbocycles. The Kier molecular flexibility index (Phi) is 8.08. The van der Waals surface area contributed by atoms with E-state index >= 15 is 0 Å². The minimum Gasteiger partial charge on any atom is -0.264 e. The van der Waals surface area contributed by atoms with E-state index in [-0.39, 0.29) is 10.8 Å². The predicted octanol–water partition coefficient (Wildman–Crippen LogP) is 5.86. The minimum absolute atomic E-state index is 0.0870. The molecule has 2 atom stereocenters. The van der Waals surface area contributed by atoms with Crippen molar-refractivity contribution in [2.24, 2.45) is 11.1 Å². The molecule has 0 saturated heterocycles. The van der Waals surface area contributed by atoms with Crippen LogP contribution >= 0.6 is 0 Å². The molecule has 0 radical (unpaired) electrons. The van der Waals surface area contributed by atoms with Crippen molar-refractivity contribution in [3.05, 3.63) is 64.2 Å². The zero-order chi connectivity index (χ0) is 24.3. The predicted molar refractivity (Wildman–Crippen MR) is 114 cm³/mol. The quantitative estimate of drug-likeness (QED) is 0.295. The number of aryl methyl sites for hydroxylation is 3. The Morgan fingerprint density at radius 1 is 1.09 bits per heavy atom. The lowest BCUT2D eigenvalue weighted by Crippen LogP contribution is -2.25. The number of halogens is 3. The molecule has 176 valence electrons. The highest BCUT2D eigenvalue weighted by Crippen LogP contribution is 2.30. The van der Waals surface area contributed by atoms with Crippen LogP contribution < -0.4 is 0 Å². The molecule has 0 aromatic heterocycles. The molecule has 10 heteroatoms. The fourth-order valence-corrected chi connectivity index (χ4v) is 4.64. The number of hydrogen-bond donors (Lipinski definition) is 1. The van der Waals surface area contributed by atoms with Gasteiger partial charge in [0.25, 0.3) is 0 Å². The molecule has 1 N–H and O–H groups in total. The molecule has 0 aliphatic heterocycles. The van der Waals surface area contributed by atoms with Crippen LogP contribution in [0.15, 0.2) is 46.4 Å². The van der Waals surface area contributed by atoms with Crippen molar-refractivity contribution in [3.63, 3.8) is 0 Å². The van der Waals surface area contributed by atoms with Crippen LogP contribution in [0.25, 0.3) is 0 Å². The third kappa shape index (κ3) is 5.87. The minimum atomic E-state index is -4.97. The van der Waals surface area contributed by atoms with E-state index in [0.717, 1.165) is 17.7 Å². The molecule has 0 spiro atoms. The van der Waals surface area contributed by atoms with Crippen molar-refractivity contribution in [3.8, 4) is 0 Å². The Bertz CT molecular complexity index is 1060. The highest BCUT2D eigenvalue weighted by Gasteiger charge is 2.39. The topological polar surface area (TPSA) is 85.2 Å². The van der Waals surface area contributed by atoms with Gasteiger partial charge in [0.15, 0.2) is 5.71 Å². The van der Waals surface area contributed by atoms with Crippen molar-refractivity contribution < 1.29 is 36.0 Å². The molecular formula is C22H26F3NO5S. The van der Waals surface area contributed by atoms with Gasteiger partial charge < -0.3 is 0 Å². The lowest BCUT2D eigenvalue weighted by Gasteiger charge is -2.20. The molecule has 2 unspecified atom stereocenters. The summed E-state index contributed by atoms with van der Waals surface area (Å²) in [5, 5.41) is 12.1. The van der Waals surface area contributed by atoms with Gasteiger partial charge in [-0.25, -0.2) is 4.89 Å². The van der Waals surface area contributed by atoms with Gasteiger partial charge in [0.05, 0.1) is 0 Å². The Labute approximate surface area is 185 Å². The molecule has 0 amide bonds. The first-order valence-electron chi connectivity index (χ1n) is 9.89. The van der Waals surface area contributed by atoms with Gasteiger partial charge in [0, 0.05) is 5.56 Å². The van der Waals surface area contributed by atoms with E-state index in [2.05, 4.69) is 14.3 Å². The Balaban J connectivity index is 2.43. The van der Waals surface area contributed by atoms with E-state index in [1.165, 1.54) is 26.0 Å². The van der Waals surface area contributed by atoms with Crippen molar-refractivity contribution in [2.75, 3.05) is 0 Å². The van der Waals surface area contributed by atoms with E-state index in [1.54, 1.807) is 19.1 Å². The number of oxime groups is 1. The smallest absolute Gasteiger partial charge is 0.264 e. The van der Waals surface area contributed by atoms with Gasteiger partial charge in [-0.3, -0.25) is 9.54 Å². The molecule has 0 saturated carbocycles. The number of hydrogen-bond acceptors (Lipinski definition) is 6.